The molecular formula is C22H20N2S. The van der Waals surface area contributed by atoms with Crippen molar-refractivity contribution in [3.05, 3.63) is 96.1 Å². The maximum Gasteiger partial charge on any atom is 0.169 e. The Kier molecular flexibility index (Phi) is 4.84. The van der Waals surface area contributed by atoms with Crippen LogP contribution in [-0.4, -0.2) is 9.55 Å². The summed E-state index contributed by atoms with van der Waals surface area (Å²) in [6, 6.07) is 29.7. The molecule has 0 unspecified atom stereocenters. The largest absolute Gasteiger partial charge is 0.319 e. The van der Waals surface area contributed by atoms with Crippen LogP contribution in [0, 0.1) is 0 Å². The fraction of sp³-hybridized carbons (Fsp3) is 0.136. The smallest absolute Gasteiger partial charge is 0.169 e. The third kappa shape index (κ3) is 3.77. The summed E-state index contributed by atoms with van der Waals surface area (Å²) in [5.41, 5.74) is 4.98. The molecule has 2 nitrogen and oxygen atoms in total. The first-order valence-corrected chi connectivity index (χ1v) is 9.54. The van der Waals surface area contributed by atoms with Crippen LogP contribution in [0.4, 0.5) is 0 Å². The quantitative estimate of drug-likeness (QED) is 0.425. The number of nitrogens with zero attached hydrogens (tertiary/aromatic N) is 2. The van der Waals surface area contributed by atoms with Crippen LogP contribution >= 0.6 is 11.8 Å². The SMILES string of the molecule is c1ccc(CCn2c(SCc3ccccc3)nc3ccccc32)cc1. The van der Waals surface area contributed by atoms with Gasteiger partial charge in [-0.05, 0) is 29.7 Å². The van der Waals surface area contributed by atoms with Gasteiger partial charge in [0.25, 0.3) is 0 Å². The number of hydrogen-bond acceptors (Lipinski definition) is 2. The van der Waals surface area contributed by atoms with Gasteiger partial charge >= 0.3 is 0 Å². The highest BCUT2D eigenvalue weighted by molar-refractivity contribution is 7.98. The Morgan fingerprint density at radius 3 is 2.12 bits per heavy atom. The Morgan fingerprint density at radius 1 is 0.720 bits per heavy atom. The molecule has 0 aliphatic heterocycles. The third-order valence-corrected chi connectivity index (χ3v) is 5.34. The minimum atomic E-state index is 0.940. The lowest BCUT2D eigenvalue weighted by Crippen LogP contribution is -2.03. The van der Waals surface area contributed by atoms with Crippen molar-refractivity contribution in [2.75, 3.05) is 0 Å². The summed E-state index contributed by atoms with van der Waals surface area (Å²) in [5.74, 6) is 0.940. The van der Waals surface area contributed by atoms with Gasteiger partial charge in [0, 0.05) is 12.3 Å². The van der Waals surface area contributed by atoms with E-state index >= 15 is 0 Å². The molecule has 124 valence electrons. The molecule has 0 bridgehead atoms. The Labute approximate surface area is 152 Å². The average molecular weight is 344 g/mol. The molecule has 0 aliphatic rings. The predicted octanol–water partition coefficient (Wildman–Crippen LogP) is 5.57. The molecule has 3 heteroatoms. The number of fused-ring (bicyclic) bond motifs is 1. The first kappa shape index (κ1) is 16.0. The number of imidazole rings is 1. The highest BCUT2D eigenvalue weighted by atomic mass is 32.2. The van der Waals surface area contributed by atoms with Crippen LogP contribution in [0.2, 0.25) is 0 Å². The molecule has 0 saturated heterocycles. The molecule has 0 aliphatic carbocycles. The van der Waals surface area contributed by atoms with E-state index in [9.17, 15) is 0 Å². The second-order valence-corrected chi connectivity index (χ2v) is 6.99. The second kappa shape index (κ2) is 7.58. The summed E-state index contributed by atoms with van der Waals surface area (Å²) in [7, 11) is 0. The Hall–Kier alpha value is -2.52. The van der Waals surface area contributed by atoms with Crippen LogP contribution in [0.25, 0.3) is 11.0 Å². The van der Waals surface area contributed by atoms with E-state index in [1.165, 1.54) is 16.6 Å². The molecule has 4 aromatic rings. The molecule has 0 atom stereocenters. The second-order valence-electron chi connectivity index (χ2n) is 6.04. The van der Waals surface area contributed by atoms with Gasteiger partial charge in [-0.15, -0.1) is 0 Å². The maximum atomic E-state index is 4.87. The lowest BCUT2D eigenvalue weighted by molar-refractivity contribution is 0.652. The van der Waals surface area contributed by atoms with Crippen molar-refractivity contribution in [2.24, 2.45) is 0 Å². The van der Waals surface area contributed by atoms with E-state index in [1.807, 2.05) is 11.8 Å². The summed E-state index contributed by atoms with van der Waals surface area (Å²) >= 11 is 1.81. The molecule has 3 aromatic carbocycles. The molecule has 1 heterocycles. The number of rotatable bonds is 6. The first-order chi connectivity index (χ1) is 12.4. The number of para-hydroxylation sites is 2. The van der Waals surface area contributed by atoms with Crippen molar-refractivity contribution in [2.45, 2.75) is 23.9 Å². The molecule has 0 saturated carbocycles. The van der Waals surface area contributed by atoms with E-state index in [0.29, 0.717) is 0 Å². The zero-order chi connectivity index (χ0) is 16.9. The van der Waals surface area contributed by atoms with Gasteiger partial charge in [-0.3, -0.25) is 0 Å². The van der Waals surface area contributed by atoms with Gasteiger partial charge in [0.2, 0.25) is 0 Å². The van der Waals surface area contributed by atoms with E-state index in [2.05, 4.69) is 89.5 Å². The van der Waals surface area contributed by atoms with Gasteiger partial charge in [-0.25, -0.2) is 4.98 Å². The standard InChI is InChI=1S/C22H20N2S/c1-3-9-18(10-4-1)15-16-24-21-14-8-7-13-20(21)23-22(24)25-17-19-11-5-2-6-12-19/h1-14H,15-17H2. The Morgan fingerprint density at radius 2 is 1.36 bits per heavy atom. The maximum absolute atomic E-state index is 4.87. The van der Waals surface area contributed by atoms with E-state index in [-0.39, 0.29) is 0 Å². The van der Waals surface area contributed by atoms with E-state index in [4.69, 9.17) is 4.98 Å². The molecule has 0 spiro atoms. The van der Waals surface area contributed by atoms with Crippen molar-refractivity contribution < 1.29 is 0 Å². The third-order valence-electron chi connectivity index (χ3n) is 4.30. The molecule has 0 fully saturated rings. The fourth-order valence-corrected chi connectivity index (χ4v) is 3.98. The zero-order valence-corrected chi connectivity index (χ0v) is 14.8. The van der Waals surface area contributed by atoms with Gasteiger partial charge in [0.1, 0.15) is 0 Å². The number of thioether (sulfide) groups is 1. The lowest BCUT2D eigenvalue weighted by Gasteiger charge is -2.09. The molecule has 4 rings (SSSR count). The highest BCUT2D eigenvalue weighted by Crippen LogP contribution is 2.27. The molecule has 1 aromatic heterocycles. The minimum absolute atomic E-state index is 0.940. The van der Waals surface area contributed by atoms with Gasteiger partial charge in [0.05, 0.1) is 11.0 Å². The minimum Gasteiger partial charge on any atom is -0.319 e. The van der Waals surface area contributed by atoms with Crippen LogP contribution in [0.3, 0.4) is 0 Å². The number of aryl methyl sites for hydroxylation is 2. The van der Waals surface area contributed by atoms with Gasteiger partial charge < -0.3 is 4.57 Å². The van der Waals surface area contributed by atoms with Crippen molar-refractivity contribution in [1.29, 1.82) is 0 Å². The van der Waals surface area contributed by atoms with Crippen LogP contribution in [0.15, 0.2) is 90.1 Å². The summed E-state index contributed by atoms with van der Waals surface area (Å²) in [6.45, 7) is 0.946. The topological polar surface area (TPSA) is 17.8 Å². The Bertz CT molecular complexity index is 946. The van der Waals surface area contributed by atoms with E-state index < -0.39 is 0 Å². The van der Waals surface area contributed by atoms with Crippen molar-refractivity contribution in [3.8, 4) is 0 Å². The summed E-state index contributed by atoms with van der Waals surface area (Å²) in [5, 5.41) is 1.10. The average Bonchev–Trinajstić information content (AvgIpc) is 3.04. The fourth-order valence-electron chi connectivity index (χ4n) is 2.99. The molecule has 0 radical (unpaired) electrons. The van der Waals surface area contributed by atoms with Crippen LogP contribution < -0.4 is 0 Å². The van der Waals surface area contributed by atoms with Crippen LogP contribution in [0.5, 0.6) is 0 Å². The van der Waals surface area contributed by atoms with Gasteiger partial charge in [-0.2, -0.15) is 0 Å². The number of benzene rings is 3. The molecular weight excluding hydrogens is 324 g/mol. The summed E-state index contributed by atoms with van der Waals surface area (Å²) in [4.78, 5) is 4.87. The molecule has 0 amide bonds. The number of aromatic nitrogens is 2. The van der Waals surface area contributed by atoms with Crippen molar-refractivity contribution >= 4 is 22.8 Å². The van der Waals surface area contributed by atoms with Crippen molar-refractivity contribution in [1.82, 2.24) is 9.55 Å². The molecule has 0 N–H and O–H groups in total. The normalized spacial score (nSPS) is 11.0. The summed E-state index contributed by atoms with van der Waals surface area (Å²) in [6.07, 6.45) is 1.01. The predicted molar refractivity (Wildman–Crippen MR) is 106 cm³/mol. The van der Waals surface area contributed by atoms with Crippen molar-refractivity contribution in [3.63, 3.8) is 0 Å². The highest BCUT2D eigenvalue weighted by Gasteiger charge is 2.11. The molecule has 25 heavy (non-hydrogen) atoms. The van der Waals surface area contributed by atoms with Gasteiger partial charge in [-0.1, -0.05) is 84.6 Å². The number of hydrogen-bond donors (Lipinski definition) is 0. The summed E-state index contributed by atoms with van der Waals surface area (Å²) < 4.78 is 2.36. The van der Waals surface area contributed by atoms with E-state index in [1.54, 1.807) is 0 Å². The van der Waals surface area contributed by atoms with E-state index in [0.717, 1.165) is 29.4 Å². The van der Waals surface area contributed by atoms with Crippen LogP contribution in [-0.2, 0) is 18.7 Å². The monoisotopic (exact) mass is 344 g/mol. The zero-order valence-electron chi connectivity index (χ0n) is 14.0. The lowest BCUT2D eigenvalue weighted by atomic mass is 10.1. The Balaban J connectivity index is 1.59. The first-order valence-electron chi connectivity index (χ1n) is 8.56. The van der Waals surface area contributed by atoms with Gasteiger partial charge in [0.15, 0.2) is 5.16 Å². The van der Waals surface area contributed by atoms with Crippen LogP contribution in [0.1, 0.15) is 11.1 Å².